The van der Waals surface area contributed by atoms with E-state index in [1.54, 1.807) is 0 Å². The third-order valence-corrected chi connectivity index (χ3v) is 2.34. The van der Waals surface area contributed by atoms with Gasteiger partial charge in [0.25, 0.3) is 0 Å². The normalized spacial score (nSPS) is 13.9. The summed E-state index contributed by atoms with van der Waals surface area (Å²) in [6.07, 6.45) is 4.29. The van der Waals surface area contributed by atoms with Crippen molar-refractivity contribution in [2.24, 2.45) is 0 Å². The minimum atomic E-state index is -1.03. The molecule has 2 amide bonds. The molecule has 0 unspecified atom stereocenters. The number of unbranched alkanes of at least 4 members (excludes halogenated alkanes) is 2. The highest BCUT2D eigenvalue weighted by atomic mass is 16.4. The maximum atomic E-state index is 11.3. The second-order valence-corrected chi connectivity index (χ2v) is 4.07. The molecule has 0 aromatic rings. The van der Waals surface area contributed by atoms with Gasteiger partial charge >= 0.3 is 12.0 Å². The zero-order valence-electron chi connectivity index (χ0n) is 10.2. The van der Waals surface area contributed by atoms with Crippen LogP contribution in [-0.2, 0) is 4.79 Å². The molecule has 0 rings (SSSR count). The molecule has 0 fully saturated rings. The fourth-order valence-electron chi connectivity index (χ4n) is 1.30. The predicted octanol–water partition coefficient (Wildman–Crippen LogP) is 1.73. The van der Waals surface area contributed by atoms with Gasteiger partial charge in [-0.2, -0.15) is 0 Å². The van der Waals surface area contributed by atoms with Gasteiger partial charge in [-0.25, -0.2) is 4.79 Å². The van der Waals surface area contributed by atoms with Gasteiger partial charge in [-0.3, -0.25) is 4.79 Å². The van der Waals surface area contributed by atoms with Crippen molar-refractivity contribution in [3.05, 3.63) is 0 Å². The number of carbonyl (C=O) groups excluding carboxylic acids is 1. The van der Waals surface area contributed by atoms with Crippen LogP contribution in [0.2, 0.25) is 0 Å². The largest absolute Gasteiger partial charge is 0.480 e. The van der Waals surface area contributed by atoms with Crippen LogP contribution in [0.1, 0.15) is 46.5 Å². The fraction of sp³-hybridized carbons (Fsp3) is 0.818. The van der Waals surface area contributed by atoms with E-state index in [-0.39, 0.29) is 6.04 Å². The van der Waals surface area contributed by atoms with Gasteiger partial charge in [0, 0.05) is 6.04 Å². The summed E-state index contributed by atoms with van der Waals surface area (Å²) < 4.78 is 0. The van der Waals surface area contributed by atoms with Gasteiger partial charge < -0.3 is 15.7 Å². The second kappa shape index (κ2) is 7.96. The van der Waals surface area contributed by atoms with Gasteiger partial charge in [-0.05, 0) is 20.3 Å². The number of amides is 2. The fourth-order valence-corrected chi connectivity index (χ4v) is 1.30. The quantitative estimate of drug-likeness (QED) is 0.583. The maximum Gasteiger partial charge on any atom is 0.325 e. The molecule has 2 atom stereocenters. The van der Waals surface area contributed by atoms with E-state index in [1.807, 2.05) is 6.92 Å². The lowest BCUT2D eigenvalue weighted by atomic mass is 10.1. The molecule has 5 heteroatoms. The molecule has 0 spiro atoms. The molecular formula is C11H22N2O3. The van der Waals surface area contributed by atoms with Crippen molar-refractivity contribution in [2.45, 2.75) is 58.5 Å². The SMILES string of the molecule is CCCCC[C@@H](C)NC(=O)N[C@H](C)C(=O)O. The first kappa shape index (κ1) is 14.7. The average Bonchev–Trinajstić information content (AvgIpc) is 2.17. The second-order valence-electron chi connectivity index (χ2n) is 4.07. The zero-order chi connectivity index (χ0) is 12.6. The van der Waals surface area contributed by atoms with Gasteiger partial charge in [0.05, 0.1) is 0 Å². The molecule has 0 bridgehead atoms. The van der Waals surface area contributed by atoms with Crippen molar-refractivity contribution in [1.82, 2.24) is 10.6 Å². The molecule has 0 aliphatic rings. The van der Waals surface area contributed by atoms with Crippen LogP contribution in [0.5, 0.6) is 0 Å². The van der Waals surface area contributed by atoms with Gasteiger partial charge in [0.15, 0.2) is 0 Å². The van der Waals surface area contributed by atoms with Gasteiger partial charge in [-0.1, -0.05) is 26.2 Å². The molecule has 16 heavy (non-hydrogen) atoms. The van der Waals surface area contributed by atoms with Gasteiger partial charge in [-0.15, -0.1) is 0 Å². The molecular weight excluding hydrogens is 208 g/mol. The highest BCUT2D eigenvalue weighted by Gasteiger charge is 2.14. The van der Waals surface area contributed by atoms with Crippen LogP contribution in [0.4, 0.5) is 4.79 Å². The Balaban J connectivity index is 3.73. The van der Waals surface area contributed by atoms with E-state index in [4.69, 9.17) is 5.11 Å². The lowest BCUT2D eigenvalue weighted by Gasteiger charge is -2.16. The van der Waals surface area contributed by atoms with Crippen molar-refractivity contribution in [3.63, 3.8) is 0 Å². The Morgan fingerprint density at radius 1 is 1.19 bits per heavy atom. The molecule has 0 saturated carbocycles. The number of carboxylic acid groups (broad SMARTS) is 1. The molecule has 0 radical (unpaired) electrons. The number of urea groups is 1. The van der Waals surface area contributed by atoms with Crippen molar-refractivity contribution in [3.8, 4) is 0 Å². The minimum Gasteiger partial charge on any atom is -0.480 e. The highest BCUT2D eigenvalue weighted by molar-refractivity contribution is 5.82. The van der Waals surface area contributed by atoms with E-state index < -0.39 is 18.0 Å². The standard InChI is InChI=1S/C11H22N2O3/c1-4-5-6-7-8(2)12-11(16)13-9(3)10(14)15/h8-9H,4-7H2,1-3H3,(H,14,15)(H2,12,13,16)/t8-,9-/m1/s1. The summed E-state index contributed by atoms with van der Waals surface area (Å²) in [7, 11) is 0. The topological polar surface area (TPSA) is 78.4 Å². The van der Waals surface area contributed by atoms with Crippen LogP contribution < -0.4 is 10.6 Å². The monoisotopic (exact) mass is 230 g/mol. The van der Waals surface area contributed by atoms with Crippen LogP contribution in [0, 0.1) is 0 Å². The number of hydrogen-bond acceptors (Lipinski definition) is 2. The number of rotatable bonds is 7. The maximum absolute atomic E-state index is 11.3. The Morgan fingerprint density at radius 2 is 1.81 bits per heavy atom. The van der Waals surface area contributed by atoms with E-state index in [0.717, 1.165) is 25.7 Å². The lowest BCUT2D eigenvalue weighted by molar-refractivity contribution is -0.138. The third kappa shape index (κ3) is 7.09. The summed E-state index contributed by atoms with van der Waals surface area (Å²) in [5, 5.41) is 13.7. The third-order valence-electron chi connectivity index (χ3n) is 2.34. The molecule has 3 N–H and O–H groups in total. The van der Waals surface area contributed by atoms with Gasteiger partial charge in [0.1, 0.15) is 6.04 Å². The first-order valence-electron chi connectivity index (χ1n) is 5.77. The molecule has 5 nitrogen and oxygen atoms in total. The summed E-state index contributed by atoms with van der Waals surface area (Å²) in [6, 6.07) is -1.20. The van der Waals surface area contributed by atoms with E-state index in [1.165, 1.54) is 6.92 Å². The summed E-state index contributed by atoms with van der Waals surface area (Å²) in [4.78, 5) is 21.8. The van der Waals surface area contributed by atoms with Crippen LogP contribution >= 0.6 is 0 Å². The predicted molar refractivity (Wildman–Crippen MR) is 62.4 cm³/mol. The minimum absolute atomic E-state index is 0.0764. The van der Waals surface area contributed by atoms with Crippen molar-refractivity contribution < 1.29 is 14.7 Å². The highest BCUT2D eigenvalue weighted by Crippen LogP contribution is 2.02. The smallest absolute Gasteiger partial charge is 0.325 e. The molecule has 0 aliphatic heterocycles. The van der Waals surface area contributed by atoms with E-state index in [9.17, 15) is 9.59 Å². The van der Waals surface area contributed by atoms with E-state index in [0.29, 0.717) is 0 Å². The summed E-state index contributed by atoms with van der Waals surface area (Å²) in [6.45, 7) is 5.48. The molecule has 94 valence electrons. The number of aliphatic carboxylic acids is 1. The Labute approximate surface area is 96.6 Å². The molecule has 0 aromatic carbocycles. The Bertz CT molecular complexity index is 231. The Hall–Kier alpha value is -1.26. The number of carboxylic acids is 1. The first-order valence-corrected chi connectivity index (χ1v) is 5.77. The molecule has 0 heterocycles. The van der Waals surface area contributed by atoms with Crippen LogP contribution in [0.25, 0.3) is 0 Å². The molecule has 0 aliphatic carbocycles. The van der Waals surface area contributed by atoms with Crippen molar-refractivity contribution in [2.75, 3.05) is 0 Å². The average molecular weight is 230 g/mol. The number of nitrogens with one attached hydrogen (secondary N) is 2. The Morgan fingerprint density at radius 3 is 2.31 bits per heavy atom. The summed E-state index contributed by atoms with van der Waals surface area (Å²) in [5.74, 6) is -1.03. The summed E-state index contributed by atoms with van der Waals surface area (Å²) in [5.41, 5.74) is 0. The number of carbonyl (C=O) groups is 2. The van der Waals surface area contributed by atoms with Crippen molar-refractivity contribution >= 4 is 12.0 Å². The van der Waals surface area contributed by atoms with Gasteiger partial charge in [0.2, 0.25) is 0 Å². The molecule has 0 saturated heterocycles. The van der Waals surface area contributed by atoms with E-state index in [2.05, 4.69) is 17.6 Å². The zero-order valence-corrected chi connectivity index (χ0v) is 10.2. The van der Waals surface area contributed by atoms with Crippen LogP contribution in [-0.4, -0.2) is 29.2 Å². The molecule has 0 aromatic heterocycles. The van der Waals surface area contributed by atoms with Crippen LogP contribution in [0.3, 0.4) is 0 Å². The first-order chi connectivity index (χ1) is 7.47. The lowest BCUT2D eigenvalue weighted by Crippen LogP contribution is -2.47. The number of hydrogen-bond donors (Lipinski definition) is 3. The van der Waals surface area contributed by atoms with Crippen molar-refractivity contribution in [1.29, 1.82) is 0 Å². The summed E-state index contributed by atoms with van der Waals surface area (Å²) >= 11 is 0. The van der Waals surface area contributed by atoms with E-state index >= 15 is 0 Å². The Kier molecular flexibility index (Phi) is 7.33. The van der Waals surface area contributed by atoms with Crippen LogP contribution in [0.15, 0.2) is 0 Å².